The van der Waals surface area contributed by atoms with Crippen LogP contribution in [-0.2, 0) is 10.0 Å². The molecule has 2 fully saturated rings. The number of benzene rings is 1. The molecule has 0 bridgehead atoms. The summed E-state index contributed by atoms with van der Waals surface area (Å²) in [6, 6.07) is 4.33. The van der Waals surface area contributed by atoms with Crippen molar-refractivity contribution in [3.05, 3.63) is 28.8 Å². The Hall–Kier alpha value is -1.15. The first kappa shape index (κ1) is 18.6. The number of carbonyl (C=O) groups is 1. The minimum Gasteiger partial charge on any atom is -0.393 e. The Morgan fingerprint density at radius 3 is 2.36 bits per heavy atom. The van der Waals surface area contributed by atoms with Gasteiger partial charge in [0.2, 0.25) is 10.0 Å². The van der Waals surface area contributed by atoms with E-state index in [2.05, 4.69) is 0 Å². The number of piperidine rings is 2. The molecule has 3 rings (SSSR count). The van der Waals surface area contributed by atoms with Gasteiger partial charge < -0.3 is 10.0 Å². The molecule has 1 N–H and O–H groups in total. The highest BCUT2D eigenvalue weighted by Crippen LogP contribution is 2.26. The average molecular weight is 387 g/mol. The van der Waals surface area contributed by atoms with Crippen LogP contribution in [0.5, 0.6) is 0 Å². The Morgan fingerprint density at radius 2 is 1.72 bits per heavy atom. The number of carbonyl (C=O) groups excluding carboxylic acids is 1. The number of halogens is 1. The van der Waals surface area contributed by atoms with E-state index in [9.17, 15) is 18.3 Å². The van der Waals surface area contributed by atoms with Crippen LogP contribution in [0.3, 0.4) is 0 Å². The smallest absolute Gasteiger partial charge is 0.255 e. The lowest BCUT2D eigenvalue weighted by atomic mass is 10.1. The molecule has 0 atom stereocenters. The first-order valence-electron chi connectivity index (χ1n) is 8.66. The standard InChI is InChI=1S/C17H23ClN2O4S/c18-16-5-4-14(25(23,24)20-8-2-1-3-9-20)12-15(16)17(22)19-10-6-13(21)7-11-19/h4-5,12-13,21H,1-3,6-11H2. The number of sulfonamides is 1. The van der Waals surface area contributed by atoms with Gasteiger partial charge in [0, 0.05) is 26.2 Å². The molecule has 6 nitrogen and oxygen atoms in total. The summed E-state index contributed by atoms with van der Waals surface area (Å²) in [4.78, 5) is 14.5. The van der Waals surface area contributed by atoms with E-state index in [1.54, 1.807) is 4.90 Å². The van der Waals surface area contributed by atoms with E-state index in [0.717, 1.165) is 19.3 Å². The highest BCUT2D eigenvalue weighted by molar-refractivity contribution is 7.89. The molecular weight excluding hydrogens is 364 g/mol. The molecule has 2 saturated heterocycles. The number of rotatable bonds is 3. The van der Waals surface area contributed by atoms with Crippen LogP contribution in [0.4, 0.5) is 0 Å². The largest absolute Gasteiger partial charge is 0.393 e. The van der Waals surface area contributed by atoms with Crippen LogP contribution in [0.15, 0.2) is 23.1 Å². The Balaban J connectivity index is 1.86. The second-order valence-corrected chi connectivity index (χ2v) is 8.97. The van der Waals surface area contributed by atoms with Crippen LogP contribution in [-0.4, -0.2) is 60.9 Å². The summed E-state index contributed by atoms with van der Waals surface area (Å²) in [5.74, 6) is -0.285. The number of hydrogen-bond donors (Lipinski definition) is 1. The van der Waals surface area contributed by atoms with E-state index in [1.807, 2.05) is 0 Å². The fourth-order valence-electron chi connectivity index (χ4n) is 3.32. The second kappa shape index (κ2) is 7.61. The molecule has 2 aliphatic heterocycles. The number of hydrogen-bond acceptors (Lipinski definition) is 4. The van der Waals surface area contributed by atoms with Gasteiger partial charge in [-0.15, -0.1) is 0 Å². The molecule has 1 amide bonds. The third-order valence-corrected chi connectivity index (χ3v) is 7.10. The van der Waals surface area contributed by atoms with Crippen molar-refractivity contribution in [1.82, 2.24) is 9.21 Å². The van der Waals surface area contributed by atoms with Gasteiger partial charge >= 0.3 is 0 Å². The Bertz CT molecular complexity index is 739. The molecule has 0 unspecified atom stereocenters. The molecule has 0 saturated carbocycles. The van der Waals surface area contributed by atoms with Gasteiger partial charge in [-0.25, -0.2) is 8.42 Å². The predicted octanol–water partition coefficient (Wildman–Crippen LogP) is 2.11. The van der Waals surface area contributed by atoms with Gasteiger partial charge in [-0.05, 0) is 43.9 Å². The topological polar surface area (TPSA) is 77.9 Å². The van der Waals surface area contributed by atoms with Crippen molar-refractivity contribution in [3.8, 4) is 0 Å². The maximum atomic E-state index is 12.8. The van der Waals surface area contributed by atoms with Crippen LogP contribution >= 0.6 is 11.6 Å². The first-order valence-corrected chi connectivity index (χ1v) is 10.5. The molecule has 1 aromatic carbocycles. The van der Waals surface area contributed by atoms with Crippen LogP contribution in [0.25, 0.3) is 0 Å². The zero-order valence-electron chi connectivity index (χ0n) is 14.0. The first-order chi connectivity index (χ1) is 11.9. The molecule has 1 aromatic rings. The highest BCUT2D eigenvalue weighted by atomic mass is 35.5. The third kappa shape index (κ3) is 4.00. The van der Waals surface area contributed by atoms with Crippen LogP contribution in [0.1, 0.15) is 42.5 Å². The quantitative estimate of drug-likeness (QED) is 0.863. The normalized spacial score (nSPS) is 20.6. The second-order valence-electron chi connectivity index (χ2n) is 6.63. The number of nitrogens with zero attached hydrogens (tertiary/aromatic N) is 2. The van der Waals surface area contributed by atoms with Crippen molar-refractivity contribution in [2.45, 2.75) is 43.1 Å². The molecular formula is C17H23ClN2O4S. The zero-order chi connectivity index (χ0) is 18.0. The number of likely N-dealkylation sites (tertiary alicyclic amines) is 1. The predicted molar refractivity (Wildman–Crippen MR) is 95.2 cm³/mol. The van der Waals surface area contributed by atoms with Crippen molar-refractivity contribution >= 4 is 27.5 Å². The van der Waals surface area contributed by atoms with E-state index in [4.69, 9.17) is 11.6 Å². The number of aliphatic hydroxyl groups is 1. The van der Waals surface area contributed by atoms with Crippen LogP contribution < -0.4 is 0 Å². The minimum atomic E-state index is -3.61. The van der Waals surface area contributed by atoms with Gasteiger partial charge in [0.05, 0.1) is 21.6 Å². The summed E-state index contributed by atoms with van der Waals surface area (Å²) in [6.07, 6.45) is 3.41. The van der Waals surface area contributed by atoms with Crippen molar-refractivity contribution in [2.75, 3.05) is 26.2 Å². The molecule has 2 aliphatic rings. The summed E-state index contributed by atoms with van der Waals surface area (Å²) in [5.41, 5.74) is 0.205. The van der Waals surface area contributed by atoms with Gasteiger partial charge in [-0.2, -0.15) is 4.31 Å². The summed E-state index contributed by atoms with van der Waals surface area (Å²) in [6.45, 7) is 1.91. The zero-order valence-corrected chi connectivity index (χ0v) is 15.6. The van der Waals surface area contributed by atoms with Gasteiger partial charge in [0.1, 0.15) is 0 Å². The SMILES string of the molecule is O=C(c1cc(S(=O)(=O)N2CCCCC2)ccc1Cl)N1CCC(O)CC1. The maximum absolute atomic E-state index is 12.8. The summed E-state index contributed by atoms with van der Waals surface area (Å²) < 4.78 is 27.1. The lowest BCUT2D eigenvalue weighted by molar-refractivity contribution is 0.0546. The third-order valence-electron chi connectivity index (χ3n) is 4.87. The van der Waals surface area contributed by atoms with Crippen LogP contribution in [0.2, 0.25) is 5.02 Å². The molecule has 0 aromatic heterocycles. The number of aliphatic hydroxyl groups excluding tert-OH is 1. The lowest BCUT2D eigenvalue weighted by Gasteiger charge is -2.30. The highest BCUT2D eigenvalue weighted by Gasteiger charge is 2.29. The van der Waals surface area contributed by atoms with Crippen LogP contribution in [0, 0.1) is 0 Å². The van der Waals surface area contributed by atoms with Gasteiger partial charge in [0.25, 0.3) is 5.91 Å². The fourth-order valence-corrected chi connectivity index (χ4v) is 5.06. The summed E-state index contributed by atoms with van der Waals surface area (Å²) >= 11 is 6.17. The fraction of sp³-hybridized carbons (Fsp3) is 0.588. The molecule has 0 radical (unpaired) electrons. The molecule has 0 spiro atoms. The van der Waals surface area contributed by atoms with Gasteiger partial charge in [-0.1, -0.05) is 18.0 Å². The number of amides is 1. The van der Waals surface area contributed by atoms with E-state index in [0.29, 0.717) is 39.0 Å². The maximum Gasteiger partial charge on any atom is 0.255 e. The Labute approximate surface area is 153 Å². The summed E-state index contributed by atoms with van der Waals surface area (Å²) in [5, 5.41) is 9.82. The van der Waals surface area contributed by atoms with Crippen molar-refractivity contribution in [2.24, 2.45) is 0 Å². The van der Waals surface area contributed by atoms with E-state index < -0.39 is 10.0 Å². The van der Waals surface area contributed by atoms with Gasteiger partial charge in [0.15, 0.2) is 0 Å². The lowest BCUT2D eigenvalue weighted by Crippen LogP contribution is -2.40. The molecule has 138 valence electrons. The molecule has 25 heavy (non-hydrogen) atoms. The van der Waals surface area contributed by atoms with E-state index in [-0.39, 0.29) is 27.5 Å². The van der Waals surface area contributed by atoms with Crippen molar-refractivity contribution in [3.63, 3.8) is 0 Å². The molecule has 2 heterocycles. The monoisotopic (exact) mass is 386 g/mol. The minimum absolute atomic E-state index is 0.110. The summed E-state index contributed by atoms with van der Waals surface area (Å²) in [7, 11) is -3.61. The van der Waals surface area contributed by atoms with Gasteiger partial charge in [-0.3, -0.25) is 4.79 Å². The van der Waals surface area contributed by atoms with E-state index in [1.165, 1.54) is 22.5 Å². The average Bonchev–Trinajstić information content (AvgIpc) is 2.63. The van der Waals surface area contributed by atoms with Crippen molar-refractivity contribution < 1.29 is 18.3 Å². The molecule has 0 aliphatic carbocycles. The van der Waals surface area contributed by atoms with Crippen molar-refractivity contribution in [1.29, 1.82) is 0 Å². The Morgan fingerprint density at radius 1 is 1.08 bits per heavy atom. The molecule has 8 heteroatoms. The Kier molecular flexibility index (Phi) is 5.68. The van der Waals surface area contributed by atoms with E-state index >= 15 is 0 Å².